The van der Waals surface area contributed by atoms with E-state index in [2.05, 4.69) is 10.6 Å². The number of carbonyl (C=O) groups is 3. The maximum atomic E-state index is 13.1. The molecular formula is C20H20ClN3O3. The van der Waals surface area contributed by atoms with Gasteiger partial charge in [-0.25, -0.2) is 0 Å². The molecule has 0 radical (unpaired) electrons. The van der Waals surface area contributed by atoms with Crippen molar-refractivity contribution >= 4 is 29.3 Å². The summed E-state index contributed by atoms with van der Waals surface area (Å²) in [5, 5.41) is 5.40. The molecule has 0 fully saturated rings. The number of carbonyl (C=O) groups excluding carboxylic acids is 3. The molecule has 1 aliphatic heterocycles. The Morgan fingerprint density at radius 2 is 1.74 bits per heavy atom. The summed E-state index contributed by atoms with van der Waals surface area (Å²) < 4.78 is 0. The summed E-state index contributed by atoms with van der Waals surface area (Å²) in [7, 11) is 1.50. The fraction of sp³-hybridized carbons (Fsp3) is 0.250. The van der Waals surface area contributed by atoms with Crippen molar-refractivity contribution in [3.63, 3.8) is 0 Å². The van der Waals surface area contributed by atoms with Gasteiger partial charge >= 0.3 is 0 Å². The number of amides is 3. The lowest BCUT2D eigenvalue weighted by Gasteiger charge is -2.36. The average Bonchev–Trinajstić information content (AvgIpc) is 2.70. The summed E-state index contributed by atoms with van der Waals surface area (Å²) >= 11 is 6.19. The number of nitrogens with zero attached hydrogens (tertiary/aromatic N) is 1. The first-order valence-corrected chi connectivity index (χ1v) is 8.99. The molecule has 3 amide bonds. The van der Waals surface area contributed by atoms with Gasteiger partial charge in [0.05, 0.1) is 17.1 Å². The fourth-order valence-electron chi connectivity index (χ4n) is 3.13. The number of halogens is 1. The number of hydrogen-bond donors (Lipinski definition) is 2. The van der Waals surface area contributed by atoms with Gasteiger partial charge in [-0.3, -0.25) is 14.4 Å². The number of fused-ring (bicyclic) bond motifs is 1. The average molecular weight is 386 g/mol. The second-order valence-electron chi connectivity index (χ2n) is 6.29. The zero-order valence-corrected chi connectivity index (χ0v) is 15.6. The highest BCUT2D eigenvalue weighted by molar-refractivity contribution is 6.33. The van der Waals surface area contributed by atoms with Gasteiger partial charge in [-0.15, -0.1) is 0 Å². The Labute approximate surface area is 162 Å². The first kappa shape index (κ1) is 18.9. The lowest BCUT2D eigenvalue weighted by atomic mass is 9.92. The maximum absolute atomic E-state index is 13.1. The molecule has 0 saturated carbocycles. The molecule has 2 N–H and O–H groups in total. The second-order valence-corrected chi connectivity index (χ2v) is 6.70. The van der Waals surface area contributed by atoms with Crippen molar-refractivity contribution in [2.24, 2.45) is 0 Å². The van der Waals surface area contributed by atoms with Gasteiger partial charge in [0.25, 0.3) is 5.91 Å². The van der Waals surface area contributed by atoms with E-state index >= 15 is 0 Å². The highest BCUT2D eigenvalue weighted by Crippen LogP contribution is 2.27. The summed E-state index contributed by atoms with van der Waals surface area (Å²) in [5.41, 5.74) is 2.36. The molecule has 0 bridgehead atoms. The van der Waals surface area contributed by atoms with Gasteiger partial charge in [0.15, 0.2) is 0 Å². The molecule has 27 heavy (non-hydrogen) atoms. The normalized spacial score (nSPS) is 15.6. The predicted octanol–water partition coefficient (Wildman–Crippen LogP) is 1.77. The number of nitrogens with one attached hydrogen (secondary N) is 2. The molecule has 0 spiro atoms. The van der Waals surface area contributed by atoms with Crippen LogP contribution in [0.4, 0.5) is 0 Å². The van der Waals surface area contributed by atoms with E-state index in [9.17, 15) is 14.4 Å². The van der Waals surface area contributed by atoms with Crippen molar-refractivity contribution in [2.45, 2.75) is 19.0 Å². The lowest BCUT2D eigenvalue weighted by molar-refractivity contribution is -0.129. The minimum Gasteiger partial charge on any atom is -0.358 e. The Balaban J connectivity index is 1.90. The molecule has 6 nitrogen and oxygen atoms in total. The van der Waals surface area contributed by atoms with Gasteiger partial charge in [-0.05, 0) is 23.3 Å². The third kappa shape index (κ3) is 4.11. The van der Waals surface area contributed by atoms with Crippen LogP contribution in [-0.2, 0) is 22.6 Å². The zero-order chi connectivity index (χ0) is 19.4. The van der Waals surface area contributed by atoms with E-state index in [1.807, 2.05) is 24.3 Å². The van der Waals surface area contributed by atoms with Crippen LogP contribution in [0.5, 0.6) is 0 Å². The molecule has 3 rings (SSSR count). The van der Waals surface area contributed by atoms with Crippen molar-refractivity contribution in [3.8, 4) is 0 Å². The van der Waals surface area contributed by atoms with Gasteiger partial charge in [-0.2, -0.15) is 0 Å². The van der Waals surface area contributed by atoms with E-state index in [4.69, 9.17) is 11.6 Å². The Kier molecular flexibility index (Phi) is 5.76. The molecule has 0 saturated heterocycles. The molecule has 1 aliphatic rings. The largest absolute Gasteiger partial charge is 0.358 e. The third-order valence-electron chi connectivity index (χ3n) is 4.62. The van der Waals surface area contributed by atoms with Gasteiger partial charge in [0, 0.05) is 20.0 Å². The lowest BCUT2D eigenvalue weighted by Crippen LogP contribution is -2.53. The van der Waals surface area contributed by atoms with Crippen molar-refractivity contribution in [3.05, 3.63) is 70.2 Å². The summed E-state index contributed by atoms with van der Waals surface area (Å²) in [6, 6.07) is 13.8. The van der Waals surface area contributed by atoms with Crippen LogP contribution in [0.2, 0.25) is 5.02 Å². The molecule has 140 valence electrons. The molecule has 2 aromatic rings. The molecule has 1 heterocycles. The van der Waals surface area contributed by atoms with Crippen LogP contribution in [0.3, 0.4) is 0 Å². The molecule has 2 aromatic carbocycles. The predicted molar refractivity (Wildman–Crippen MR) is 102 cm³/mol. The minimum absolute atomic E-state index is 0.137. The summed E-state index contributed by atoms with van der Waals surface area (Å²) in [4.78, 5) is 38.8. The van der Waals surface area contributed by atoms with Crippen LogP contribution < -0.4 is 10.6 Å². The number of likely N-dealkylation sites (N-methyl/N-ethyl adjacent to an activating group) is 1. The highest BCUT2D eigenvalue weighted by atomic mass is 35.5. The Morgan fingerprint density at radius 1 is 1.07 bits per heavy atom. The third-order valence-corrected chi connectivity index (χ3v) is 4.95. The van der Waals surface area contributed by atoms with Gasteiger partial charge in [0.1, 0.15) is 6.04 Å². The Bertz CT molecular complexity index is 884. The molecule has 7 heteroatoms. The molecule has 0 aromatic heterocycles. The van der Waals surface area contributed by atoms with E-state index in [-0.39, 0.29) is 24.3 Å². The zero-order valence-electron chi connectivity index (χ0n) is 14.9. The van der Waals surface area contributed by atoms with Crippen LogP contribution in [0.25, 0.3) is 0 Å². The van der Waals surface area contributed by atoms with E-state index in [0.717, 1.165) is 11.1 Å². The number of benzene rings is 2. The van der Waals surface area contributed by atoms with Crippen LogP contribution in [0.15, 0.2) is 48.5 Å². The summed E-state index contributed by atoms with van der Waals surface area (Å²) in [6.45, 7) is 0.167. The number of hydrogen-bond acceptors (Lipinski definition) is 3. The van der Waals surface area contributed by atoms with Crippen molar-refractivity contribution in [1.29, 1.82) is 0 Å². The van der Waals surface area contributed by atoms with Crippen LogP contribution in [0.1, 0.15) is 21.5 Å². The highest BCUT2D eigenvalue weighted by Gasteiger charge is 2.35. The van der Waals surface area contributed by atoms with Crippen molar-refractivity contribution in [1.82, 2.24) is 15.5 Å². The Hall–Kier alpha value is -2.86. The van der Waals surface area contributed by atoms with E-state index < -0.39 is 6.04 Å². The van der Waals surface area contributed by atoms with Crippen molar-refractivity contribution < 1.29 is 14.4 Å². The maximum Gasteiger partial charge on any atom is 0.256 e. The molecule has 1 unspecified atom stereocenters. The van der Waals surface area contributed by atoms with Crippen LogP contribution >= 0.6 is 11.6 Å². The minimum atomic E-state index is -0.715. The van der Waals surface area contributed by atoms with Gasteiger partial charge in [-0.1, -0.05) is 48.0 Å². The van der Waals surface area contributed by atoms with E-state index in [1.165, 1.54) is 11.9 Å². The first-order chi connectivity index (χ1) is 13.0. The second kappa shape index (κ2) is 8.22. The van der Waals surface area contributed by atoms with Crippen LogP contribution in [-0.4, -0.2) is 42.3 Å². The molecule has 0 aliphatic carbocycles. The van der Waals surface area contributed by atoms with Crippen LogP contribution in [0, 0.1) is 0 Å². The Morgan fingerprint density at radius 3 is 2.44 bits per heavy atom. The quantitative estimate of drug-likeness (QED) is 0.841. The molecule has 1 atom stereocenters. The smallest absolute Gasteiger partial charge is 0.256 e. The van der Waals surface area contributed by atoms with E-state index in [0.29, 0.717) is 23.6 Å². The van der Waals surface area contributed by atoms with Gasteiger partial charge < -0.3 is 15.5 Å². The van der Waals surface area contributed by atoms with Crippen molar-refractivity contribution in [2.75, 3.05) is 13.6 Å². The summed E-state index contributed by atoms with van der Waals surface area (Å²) in [6.07, 6.45) is 0.381. The first-order valence-electron chi connectivity index (χ1n) is 8.62. The fourth-order valence-corrected chi connectivity index (χ4v) is 3.35. The summed E-state index contributed by atoms with van der Waals surface area (Å²) in [5.74, 6) is -0.979. The number of rotatable bonds is 4. The van der Waals surface area contributed by atoms with Gasteiger partial charge in [0.2, 0.25) is 11.8 Å². The SMILES string of the molecule is CNC(=O)CNC(=O)C1Cc2ccccc2CN1C(=O)c1ccccc1Cl. The topological polar surface area (TPSA) is 78.5 Å². The monoisotopic (exact) mass is 385 g/mol. The standard InChI is InChI=1S/C20H20ClN3O3/c1-22-18(25)11-23-19(26)17-10-13-6-2-3-7-14(13)12-24(17)20(27)15-8-4-5-9-16(15)21/h2-9,17H,10-12H2,1H3,(H,22,25)(H,23,26). The van der Waals surface area contributed by atoms with E-state index in [1.54, 1.807) is 24.3 Å². The molecular weight excluding hydrogens is 366 g/mol.